The maximum atomic E-state index is 10.0. The molecule has 0 unspecified atom stereocenters. The third-order valence-corrected chi connectivity index (χ3v) is 1.40. The number of nitrogens with one attached hydrogen (secondary N) is 2. The van der Waals surface area contributed by atoms with E-state index in [2.05, 4.69) is 5.32 Å². The molecule has 12 heavy (non-hydrogen) atoms. The molecule has 0 aromatic heterocycles. The van der Waals surface area contributed by atoms with Crippen molar-refractivity contribution in [1.29, 1.82) is 5.41 Å². The van der Waals surface area contributed by atoms with Gasteiger partial charge in [-0.15, -0.1) is 0 Å². The van der Waals surface area contributed by atoms with Crippen molar-refractivity contribution in [2.24, 2.45) is 5.73 Å². The summed E-state index contributed by atoms with van der Waals surface area (Å²) in [6, 6.07) is 6.79. The van der Waals surface area contributed by atoms with Gasteiger partial charge in [0, 0.05) is 5.56 Å². The van der Waals surface area contributed by atoms with E-state index in [4.69, 9.17) is 11.1 Å². The smallest absolute Gasteiger partial charge is 0.314 e. The van der Waals surface area contributed by atoms with Gasteiger partial charge in [0.2, 0.25) is 0 Å². The zero-order valence-corrected chi connectivity index (χ0v) is 6.29. The number of amides is 1. The van der Waals surface area contributed by atoms with Crippen molar-refractivity contribution in [2.45, 2.75) is 0 Å². The minimum atomic E-state index is -0.0756. The normalized spacial score (nSPS) is 9.00. The number of hydrogen-bond donors (Lipinski definition) is 3. The highest BCUT2D eigenvalue weighted by atomic mass is 16.1. The van der Waals surface area contributed by atoms with Crippen LogP contribution in [0.1, 0.15) is 5.56 Å². The molecule has 4 heteroatoms. The van der Waals surface area contributed by atoms with Gasteiger partial charge in [0.1, 0.15) is 5.84 Å². The quantitative estimate of drug-likeness (QED) is 0.342. The summed E-state index contributed by atoms with van der Waals surface area (Å²) in [4.78, 5) is 10.0. The van der Waals surface area contributed by atoms with Crippen LogP contribution in [-0.4, -0.2) is 12.2 Å². The number of amidine groups is 1. The highest BCUT2D eigenvalue weighted by Gasteiger charge is 2.02. The lowest BCUT2D eigenvalue weighted by Crippen LogP contribution is -2.13. The lowest BCUT2D eigenvalue weighted by Gasteiger charge is -2.04. The summed E-state index contributed by atoms with van der Waals surface area (Å²) in [5, 5.41) is 9.49. The summed E-state index contributed by atoms with van der Waals surface area (Å²) in [6.07, 6.45) is 1.53. The molecule has 0 bridgehead atoms. The second-order valence-electron chi connectivity index (χ2n) is 2.19. The molecule has 0 spiro atoms. The Kier molecular flexibility index (Phi) is 2.42. The first-order valence-corrected chi connectivity index (χ1v) is 3.32. The summed E-state index contributed by atoms with van der Waals surface area (Å²) in [5.74, 6) is -0.0756. The first-order valence-electron chi connectivity index (χ1n) is 3.32. The molecular weight excluding hydrogens is 154 g/mol. The number of nitrogen functional groups attached to an aromatic ring is 1. The van der Waals surface area contributed by atoms with Crippen LogP contribution in [0.5, 0.6) is 0 Å². The standard InChI is InChI=1S/C8H8N3O/c9-8(10)6-3-1-2-4-7(6)11-5-12/h1-4H,(H3,9,10)(H,11,12). The van der Waals surface area contributed by atoms with Gasteiger partial charge in [0.25, 0.3) is 0 Å². The van der Waals surface area contributed by atoms with Crippen molar-refractivity contribution in [3.8, 4) is 0 Å². The fourth-order valence-corrected chi connectivity index (χ4v) is 0.882. The van der Waals surface area contributed by atoms with Crippen LogP contribution in [0.4, 0.5) is 5.69 Å². The van der Waals surface area contributed by atoms with Crippen molar-refractivity contribution < 1.29 is 4.79 Å². The lowest BCUT2D eigenvalue weighted by molar-refractivity contribution is 0.561. The second-order valence-corrected chi connectivity index (χ2v) is 2.19. The highest BCUT2D eigenvalue weighted by Crippen LogP contribution is 2.12. The Balaban J connectivity index is 3.07. The Labute approximate surface area is 69.9 Å². The molecule has 1 aromatic rings. The van der Waals surface area contributed by atoms with E-state index < -0.39 is 0 Å². The van der Waals surface area contributed by atoms with Gasteiger partial charge in [-0.05, 0) is 12.1 Å². The SMILES string of the molecule is N=C(N)c1ccccc1N[C]=O. The van der Waals surface area contributed by atoms with Crippen molar-refractivity contribution in [3.05, 3.63) is 29.8 Å². The van der Waals surface area contributed by atoms with Crippen LogP contribution in [0, 0.1) is 5.41 Å². The van der Waals surface area contributed by atoms with Gasteiger partial charge < -0.3 is 11.1 Å². The number of carbonyl (C=O) groups excluding carboxylic acids is 1. The third-order valence-electron chi connectivity index (χ3n) is 1.40. The van der Waals surface area contributed by atoms with E-state index in [0.717, 1.165) is 0 Å². The largest absolute Gasteiger partial charge is 0.384 e. The van der Waals surface area contributed by atoms with Gasteiger partial charge in [0.05, 0.1) is 5.69 Å². The average Bonchev–Trinajstić information content (AvgIpc) is 2.05. The van der Waals surface area contributed by atoms with Gasteiger partial charge in [-0.25, -0.2) is 0 Å². The molecule has 1 amide bonds. The lowest BCUT2D eigenvalue weighted by atomic mass is 10.1. The van der Waals surface area contributed by atoms with E-state index in [1.807, 2.05) is 0 Å². The van der Waals surface area contributed by atoms with Gasteiger partial charge in [-0.3, -0.25) is 10.2 Å². The summed E-state index contributed by atoms with van der Waals surface area (Å²) >= 11 is 0. The van der Waals surface area contributed by atoms with Crippen molar-refractivity contribution in [1.82, 2.24) is 0 Å². The Hall–Kier alpha value is -1.84. The Morgan fingerprint density at radius 1 is 1.50 bits per heavy atom. The monoisotopic (exact) mass is 162 g/mol. The molecule has 0 saturated heterocycles. The van der Waals surface area contributed by atoms with Crippen LogP contribution >= 0.6 is 0 Å². The summed E-state index contributed by atoms with van der Waals surface area (Å²) in [7, 11) is 0. The highest BCUT2D eigenvalue weighted by molar-refractivity contribution is 6.01. The van der Waals surface area contributed by atoms with Gasteiger partial charge >= 0.3 is 6.41 Å². The number of benzene rings is 1. The van der Waals surface area contributed by atoms with Gasteiger partial charge in [-0.1, -0.05) is 12.1 Å². The van der Waals surface area contributed by atoms with E-state index in [9.17, 15) is 4.79 Å². The Morgan fingerprint density at radius 3 is 2.75 bits per heavy atom. The molecule has 1 radical (unpaired) electrons. The van der Waals surface area contributed by atoms with E-state index in [1.165, 1.54) is 6.41 Å². The van der Waals surface area contributed by atoms with Crippen LogP contribution < -0.4 is 11.1 Å². The third kappa shape index (κ3) is 1.60. The summed E-state index contributed by atoms with van der Waals surface area (Å²) in [5.41, 5.74) is 6.26. The zero-order valence-electron chi connectivity index (χ0n) is 6.29. The van der Waals surface area contributed by atoms with Crippen LogP contribution in [0.15, 0.2) is 24.3 Å². The molecule has 0 aliphatic rings. The number of anilines is 1. The van der Waals surface area contributed by atoms with Crippen molar-refractivity contribution in [2.75, 3.05) is 5.32 Å². The molecule has 0 saturated carbocycles. The molecule has 0 aliphatic carbocycles. The van der Waals surface area contributed by atoms with E-state index in [-0.39, 0.29) is 5.84 Å². The number of rotatable bonds is 3. The molecule has 1 aromatic carbocycles. The maximum Gasteiger partial charge on any atom is 0.314 e. The Morgan fingerprint density at radius 2 is 2.17 bits per heavy atom. The van der Waals surface area contributed by atoms with Gasteiger partial charge in [-0.2, -0.15) is 0 Å². The van der Waals surface area contributed by atoms with Crippen molar-refractivity contribution in [3.63, 3.8) is 0 Å². The molecule has 61 valence electrons. The molecule has 4 N–H and O–H groups in total. The molecule has 0 aliphatic heterocycles. The minimum absolute atomic E-state index is 0.0756. The first-order chi connectivity index (χ1) is 5.75. The number of nitrogens with two attached hydrogens (primary N) is 1. The Bertz CT molecular complexity index is 309. The average molecular weight is 162 g/mol. The topological polar surface area (TPSA) is 79.0 Å². The van der Waals surface area contributed by atoms with E-state index >= 15 is 0 Å². The fraction of sp³-hybridized carbons (Fsp3) is 0. The first kappa shape index (κ1) is 8.26. The van der Waals surface area contributed by atoms with E-state index in [1.54, 1.807) is 24.3 Å². The number of hydrogen-bond acceptors (Lipinski definition) is 2. The van der Waals surface area contributed by atoms with Crippen LogP contribution in [0.2, 0.25) is 0 Å². The van der Waals surface area contributed by atoms with Crippen LogP contribution in [0.25, 0.3) is 0 Å². The van der Waals surface area contributed by atoms with Crippen molar-refractivity contribution >= 4 is 17.9 Å². The summed E-state index contributed by atoms with van der Waals surface area (Å²) < 4.78 is 0. The predicted octanol–water partition coefficient (Wildman–Crippen LogP) is 0.450. The molecule has 0 heterocycles. The minimum Gasteiger partial charge on any atom is -0.384 e. The van der Waals surface area contributed by atoms with Gasteiger partial charge in [0.15, 0.2) is 0 Å². The zero-order chi connectivity index (χ0) is 8.97. The molecule has 4 nitrogen and oxygen atoms in total. The van der Waals surface area contributed by atoms with Crippen LogP contribution in [0.3, 0.4) is 0 Å². The molecule has 1 rings (SSSR count). The number of para-hydroxylation sites is 1. The molecular formula is C8H8N3O. The predicted molar refractivity (Wildman–Crippen MR) is 46.8 cm³/mol. The van der Waals surface area contributed by atoms with E-state index in [0.29, 0.717) is 11.3 Å². The fourth-order valence-electron chi connectivity index (χ4n) is 0.882. The molecule has 0 atom stereocenters. The maximum absolute atomic E-state index is 10.0. The molecule has 0 fully saturated rings. The second kappa shape index (κ2) is 3.52. The van der Waals surface area contributed by atoms with Crippen LogP contribution in [-0.2, 0) is 4.79 Å². The summed E-state index contributed by atoms with van der Waals surface area (Å²) in [6.45, 7) is 0.